The first-order valence-corrected chi connectivity index (χ1v) is 9.78. The fraction of sp³-hybridized carbons (Fsp3) is 0.381. The van der Waals surface area contributed by atoms with E-state index in [0.717, 1.165) is 32.1 Å². The van der Waals surface area contributed by atoms with Crippen molar-refractivity contribution in [3.05, 3.63) is 72.3 Å². The van der Waals surface area contributed by atoms with Crippen LogP contribution in [-0.4, -0.2) is 38.6 Å². The van der Waals surface area contributed by atoms with Crippen molar-refractivity contribution in [2.75, 3.05) is 13.1 Å². The highest BCUT2D eigenvalue weighted by atomic mass is 127. The highest BCUT2D eigenvalue weighted by molar-refractivity contribution is 14.0. The molecule has 2 aromatic heterocycles. The molecule has 0 bridgehead atoms. The van der Waals surface area contributed by atoms with Crippen LogP contribution in [-0.2, 0) is 19.6 Å². The van der Waals surface area contributed by atoms with Gasteiger partial charge in [0.25, 0.3) is 0 Å². The van der Waals surface area contributed by atoms with Gasteiger partial charge in [0.15, 0.2) is 5.96 Å². The molecule has 0 radical (unpaired) electrons. The summed E-state index contributed by atoms with van der Waals surface area (Å²) in [5.41, 5.74) is 2.44. The van der Waals surface area contributed by atoms with Crippen LogP contribution < -0.4 is 10.6 Å². The van der Waals surface area contributed by atoms with Crippen molar-refractivity contribution in [3.63, 3.8) is 0 Å². The number of aromatic nitrogens is 4. The van der Waals surface area contributed by atoms with E-state index in [0.29, 0.717) is 12.5 Å². The van der Waals surface area contributed by atoms with E-state index >= 15 is 0 Å². The number of hydrogen-bond acceptors (Lipinski definition) is 3. The van der Waals surface area contributed by atoms with Crippen molar-refractivity contribution in [2.45, 2.75) is 33.5 Å². The topological polar surface area (TPSA) is 72.1 Å². The maximum atomic E-state index is 4.78. The Kier molecular flexibility index (Phi) is 9.69. The van der Waals surface area contributed by atoms with Crippen LogP contribution in [0.1, 0.15) is 25.0 Å². The van der Waals surface area contributed by atoms with Gasteiger partial charge in [-0.1, -0.05) is 31.2 Å². The number of hydrogen-bond donors (Lipinski definition) is 2. The van der Waals surface area contributed by atoms with Gasteiger partial charge in [-0.05, 0) is 36.1 Å². The minimum atomic E-state index is 0. The molecule has 3 rings (SSSR count). The molecular formula is C21H30IN7. The standard InChI is InChI=1S/C21H29N7.HI/c1-3-22-21(23-14-18(2)16-27-12-6-10-25-27)24-15-19-8-4-5-9-20(19)17-28-13-7-11-26-28;/h4-13,18H,3,14-17H2,1-2H3,(H2,22,23,24);1H. The lowest BCUT2D eigenvalue weighted by Crippen LogP contribution is -2.40. The van der Waals surface area contributed by atoms with Crippen LogP contribution in [0.15, 0.2) is 66.2 Å². The molecule has 0 spiro atoms. The maximum Gasteiger partial charge on any atom is 0.191 e. The first-order chi connectivity index (χ1) is 13.7. The molecule has 2 N–H and O–H groups in total. The average molecular weight is 507 g/mol. The van der Waals surface area contributed by atoms with Gasteiger partial charge < -0.3 is 10.6 Å². The van der Waals surface area contributed by atoms with Crippen molar-refractivity contribution >= 4 is 29.9 Å². The Bertz CT molecular complexity index is 844. The SMILES string of the molecule is CCNC(=NCc1ccccc1Cn1cccn1)NCC(C)Cn1cccn1.I. The van der Waals surface area contributed by atoms with E-state index in [9.17, 15) is 0 Å². The lowest BCUT2D eigenvalue weighted by molar-refractivity contribution is 0.443. The summed E-state index contributed by atoms with van der Waals surface area (Å²) < 4.78 is 3.89. The summed E-state index contributed by atoms with van der Waals surface area (Å²) in [5, 5.41) is 15.4. The highest BCUT2D eigenvalue weighted by Crippen LogP contribution is 2.11. The summed E-state index contributed by atoms with van der Waals surface area (Å²) in [4.78, 5) is 4.78. The van der Waals surface area contributed by atoms with Crippen LogP contribution in [0.25, 0.3) is 0 Å². The maximum absolute atomic E-state index is 4.78. The zero-order chi connectivity index (χ0) is 19.6. The Morgan fingerprint density at radius 1 is 1.00 bits per heavy atom. The minimum absolute atomic E-state index is 0. The molecule has 156 valence electrons. The van der Waals surface area contributed by atoms with Crippen LogP contribution in [0.4, 0.5) is 0 Å². The van der Waals surface area contributed by atoms with Crippen molar-refractivity contribution < 1.29 is 0 Å². The second kappa shape index (κ2) is 12.3. The Labute approximate surface area is 189 Å². The van der Waals surface area contributed by atoms with Gasteiger partial charge in [0.05, 0.1) is 13.1 Å². The Morgan fingerprint density at radius 2 is 1.69 bits per heavy atom. The molecule has 0 aliphatic rings. The van der Waals surface area contributed by atoms with E-state index in [1.807, 2.05) is 40.1 Å². The molecule has 2 heterocycles. The van der Waals surface area contributed by atoms with E-state index in [1.165, 1.54) is 11.1 Å². The van der Waals surface area contributed by atoms with Gasteiger partial charge in [0.1, 0.15) is 0 Å². The summed E-state index contributed by atoms with van der Waals surface area (Å²) in [6.45, 7) is 8.21. The van der Waals surface area contributed by atoms with Crippen LogP contribution in [0.2, 0.25) is 0 Å². The molecule has 0 aliphatic carbocycles. The van der Waals surface area contributed by atoms with Gasteiger partial charge in [0.2, 0.25) is 0 Å². The fourth-order valence-electron chi connectivity index (χ4n) is 3.00. The van der Waals surface area contributed by atoms with Crippen molar-refractivity contribution in [1.29, 1.82) is 0 Å². The lowest BCUT2D eigenvalue weighted by Gasteiger charge is -2.16. The Hall–Kier alpha value is -2.36. The smallest absolute Gasteiger partial charge is 0.191 e. The second-order valence-electron chi connectivity index (χ2n) is 6.88. The number of benzene rings is 1. The molecule has 0 fully saturated rings. The van der Waals surface area contributed by atoms with E-state index in [2.05, 4.69) is 58.9 Å². The van der Waals surface area contributed by atoms with Crippen LogP contribution in [0.3, 0.4) is 0 Å². The first kappa shape index (κ1) is 22.9. The van der Waals surface area contributed by atoms with Crippen LogP contribution in [0.5, 0.6) is 0 Å². The number of nitrogens with zero attached hydrogens (tertiary/aromatic N) is 5. The van der Waals surface area contributed by atoms with Gasteiger partial charge in [0, 0.05) is 44.4 Å². The summed E-state index contributed by atoms with van der Waals surface area (Å²) in [6, 6.07) is 12.3. The minimum Gasteiger partial charge on any atom is -0.357 e. The summed E-state index contributed by atoms with van der Waals surface area (Å²) in [6.07, 6.45) is 7.59. The molecule has 1 atom stereocenters. The van der Waals surface area contributed by atoms with E-state index in [1.54, 1.807) is 6.20 Å². The molecule has 29 heavy (non-hydrogen) atoms. The predicted octanol–water partition coefficient (Wildman–Crippen LogP) is 3.14. The molecule has 1 aromatic carbocycles. The Balaban J connectivity index is 0.00000300. The first-order valence-electron chi connectivity index (χ1n) is 9.78. The molecule has 8 heteroatoms. The number of halogens is 1. The van der Waals surface area contributed by atoms with Crippen LogP contribution in [0, 0.1) is 5.92 Å². The Morgan fingerprint density at radius 3 is 2.34 bits per heavy atom. The zero-order valence-corrected chi connectivity index (χ0v) is 19.4. The van der Waals surface area contributed by atoms with Gasteiger partial charge >= 0.3 is 0 Å². The molecule has 0 saturated carbocycles. The largest absolute Gasteiger partial charge is 0.357 e. The molecule has 0 saturated heterocycles. The van der Waals surface area contributed by atoms with Gasteiger partial charge in [-0.15, -0.1) is 24.0 Å². The van der Waals surface area contributed by atoms with E-state index in [-0.39, 0.29) is 24.0 Å². The number of nitrogens with one attached hydrogen (secondary N) is 2. The van der Waals surface area contributed by atoms with Crippen molar-refractivity contribution in [1.82, 2.24) is 30.2 Å². The summed E-state index contributed by atoms with van der Waals surface area (Å²) >= 11 is 0. The van der Waals surface area contributed by atoms with Gasteiger partial charge in [-0.25, -0.2) is 4.99 Å². The van der Waals surface area contributed by atoms with E-state index in [4.69, 9.17) is 4.99 Å². The van der Waals surface area contributed by atoms with Crippen LogP contribution >= 0.6 is 24.0 Å². The third-order valence-corrected chi connectivity index (χ3v) is 4.44. The van der Waals surface area contributed by atoms with Gasteiger partial charge in [-0.2, -0.15) is 10.2 Å². The average Bonchev–Trinajstić information content (AvgIpc) is 3.39. The molecule has 7 nitrogen and oxygen atoms in total. The quantitative estimate of drug-likeness (QED) is 0.265. The number of guanidine groups is 1. The molecule has 0 aliphatic heterocycles. The zero-order valence-electron chi connectivity index (χ0n) is 17.0. The normalized spacial score (nSPS) is 12.3. The fourth-order valence-corrected chi connectivity index (χ4v) is 3.00. The monoisotopic (exact) mass is 507 g/mol. The van der Waals surface area contributed by atoms with Gasteiger partial charge in [-0.3, -0.25) is 9.36 Å². The number of aliphatic imine (C=N–C) groups is 1. The second-order valence-corrected chi connectivity index (χ2v) is 6.88. The number of rotatable bonds is 9. The molecule has 1 unspecified atom stereocenters. The molecule has 3 aromatic rings. The lowest BCUT2D eigenvalue weighted by atomic mass is 10.1. The summed E-state index contributed by atoms with van der Waals surface area (Å²) in [7, 11) is 0. The third-order valence-electron chi connectivity index (χ3n) is 4.44. The predicted molar refractivity (Wildman–Crippen MR) is 127 cm³/mol. The highest BCUT2D eigenvalue weighted by Gasteiger charge is 2.07. The summed E-state index contributed by atoms with van der Waals surface area (Å²) in [5.74, 6) is 1.28. The molecular weight excluding hydrogens is 477 g/mol. The third kappa shape index (κ3) is 7.52. The van der Waals surface area contributed by atoms with Crippen molar-refractivity contribution in [2.24, 2.45) is 10.9 Å². The van der Waals surface area contributed by atoms with E-state index < -0.39 is 0 Å². The van der Waals surface area contributed by atoms with Crippen molar-refractivity contribution in [3.8, 4) is 0 Å². The molecule has 0 amide bonds.